The molecule has 1 amide bonds. The van der Waals surface area contributed by atoms with E-state index in [0.29, 0.717) is 23.5 Å². The normalized spacial score (nSPS) is 11.5. The summed E-state index contributed by atoms with van der Waals surface area (Å²) in [7, 11) is 0. The maximum absolute atomic E-state index is 12.1. The third-order valence-electron chi connectivity index (χ3n) is 2.97. The van der Waals surface area contributed by atoms with Crippen LogP contribution >= 0.6 is 11.6 Å². The molecule has 1 unspecified atom stereocenters. The molecule has 5 heteroatoms. The number of hydrogen-bond acceptors (Lipinski definition) is 3. The van der Waals surface area contributed by atoms with Crippen molar-refractivity contribution in [3.8, 4) is 5.75 Å². The molecule has 0 spiro atoms. The Hall–Kier alpha value is -2.33. The zero-order valence-electron chi connectivity index (χ0n) is 12.1. The number of halogens is 1. The van der Waals surface area contributed by atoms with E-state index in [1.165, 1.54) is 0 Å². The van der Waals surface area contributed by atoms with Gasteiger partial charge >= 0.3 is 0 Å². The van der Waals surface area contributed by atoms with Crippen LogP contribution in [0.4, 0.5) is 0 Å². The van der Waals surface area contributed by atoms with Crippen molar-refractivity contribution in [1.29, 1.82) is 0 Å². The highest BCUT2D eigenvalue weighted by Gasteiger charge is 2.19. The van der Waals surface area contributed by atoms with Gasteiger partial charge in [-0.05, 0) is 31.2 Å². The smallest absolute Gasteiger partial charge is 0.252 e. The van der Waals surface area contributed by atoms with E-state index in [0.717, 1.165) is 0 Å². The summed E-state index contributed by atoms with van der Waals surface area (Å²) in [5.74, 6) is -0.0734. The van der Waals surface area contributed by atoms with Gasteiger partial charge in [0.2, 0.25) is 0 Å². The van der Waals surface area contributed by atoms with E-state index in [9.17, 15) is 9.59 Å². The van der Waals surface area contributed by atoms with Crippen LogP contribution in [-0.4, -0.2) is 23.8 Å². The first kappa shape index (κ1) is 16.0. The van der Waals surface area contributed by atoms with Gasteiger partial charge in [-0.15, -0.1) is 0 Å². The van der Waals surface area contributed by atoms with E-state index in [2.05, 4.69) is 5.32 Å². The van der Waals surface area contributed by atoms with Gasteiger partial charge in [0, 0.05) is 11.1 Å². The molecule has 0 radical (unpaired) electrons. The van der Waals surface area contributed by atoms with Crippen LogP contribution in [0.2, 0.25) is 0 Å². The topological polar surface area (TPSA) is 55.4 Å². The predicted octanol–water partition coefficient (Wildman–Crippen LogP) is 3.26. The number of hydrogen-bond donors (Lipinski definition) is 1. The second-order valence-electron chi connectivity index (χ2n) is 4.52. The quantitative estimate of drug-likeness (QED) is 0.505. The van der Waals surface area contributed by atoms with Crippen molar-refractivity contribution in [2.45, 2.75) is 12.4 Å². The summed E-state index contributed by atoms with van der Waals surface area (Å²) in [6.07, 6.45) is 0. The Morgan fingerprint density at radius 2 is 1.68 bits per heavy atom. The third kappa shape index (κ3) is 4.09. The zero-order valence-corrected chi connectivity index (χ0v) is 12.8. The van der Waals surface area contributed by atoms with Gasteiger partial charge in [-0.1, -0.05) is 41.9 Å². The molecule has 2 aromatic carbocycles. The van der Waals surface area contributed by atoms with Crippen LogP contribution in [0.25, 0.3) is 0 Å². The molecule has 0 aromatic heterocycles. The first-order valence-corrected chi connectivity index (χ1v) is 7.32. The first-order valence-electron chi connectivity index (χ1n) is 6.89. The van der Waals surface area contributed by atoms with Gasteiger partial charge in [-0.3, -0.25) is 9.59 Å². The highest BCUT2D eigenvalue weighted by atomic mass is 35.5. The molecule has 1 N–H and O–H groups in total. The molecule has 4 nitrogen and oxygen atoms in total. The molecule has 0 fully saturated rings. The average molecular weight is 318 g/mol. The lowest BCUT2D eigenvalue weighted by atomic mass is 10.1. The summed E-state index contributed by atoms with van der Waals surface area (Å²) in [5, 5.41) is 2.48. The molecule has 22 heavy (non-hydrogen) atoms. The van der Waals surface area contributed by atoms with Crippen molar-refractivity contribution in [2.24, 2.45) is 0 Å². The standard InChI is InChI=1S/C17H16ClNO3/c1-2-22-14-10-8-13(9-11-14)17(21)19-16(18)15(20)12-6-4-3-5-7-12/h3-11,16H,2H2,1H3,(H,19,21). The summed E-state index contributed by atoms with van der Waals surface area (Å²) in [6.45, 7) is 2.44. The lowest BCUT2D eigenvalue weighted by molar-refractivity contribution is 0.0889. The molecule has 2 rings (SSSR count). The molecule has 0 heterocycles. The Morgan fingerprint density at radius 3 is 2.27 bits per heavy atom. The molecular weight excluding hydrogens is 302 g/mol. The number of amides is 1. The minimum Gasteiger partial charge on any atom is -0.494 e. The number of carbonyl (C=O) groups excluding carboxylic acids is 2. The third-order valence-corrected chi connectivity index (χ3v) is 3.28. The minimum absolute atomic E-state index is 0.346. The van der Waals surface area contributed by atoms with Crippen LogP contribution in [0, 0.1) is 0 Å². The van der Waals surface area contributed by atoms with E-state index in [1.54, 1.807) is 54.6 Å². The summed E-state index contributed by atoms with van der Waals surface area (Å²) in [4.78, 5) is 24.2. The molecule has 0 bridgehead atoms. The first-order chi connectivity index (χ1) is 10.6. The Labute approximate surface area is 134 Å². The Kier molecular flexibility index (Phi) is 5.55. The number of ether oxygens (including phenoxy) is 1. The number of alkyl halides is 1. The maximum Gasteiger partial charge on any atom is 0.252 e. The molecule has 0 aliphatic rings. The maximum atomic E-state index is 12.1. The SMILES string of the molecule is CCOc1ccc(C(=O)NC(Cl)C(=O)c2ccccc2)cc1. The van der Waals surface area contributed by atoms with Crippen molar-refractivity contribution in [2.75, 3.05) is 6.61 Å². The van der Waals surface area contributed by atoms with Crippen LogP contribution in [0.15, 0.2) is 54.6 Å². The zero-order chi connectivity index (χ0) is 15.9. The van der Waals surface area contributed by atoms with Crippen LogP contribution in [0.5, 0.6) is 5.75 Å². The van der Waals surface area contributed by atoms with Gasteiger partial charge in [-0.2, -0.15) is 0 Å². The Bertz CT molecular complexity index is 641. The van der Waals surface area contributed by atoms with E-state index in [4.69, 9.17) is 16.3 Å². The number of benzene rings is 2. The molecular formula is C17H16ClNO3. The number of ketones is 1. The van der Waals surface area contributed by atoms with Crippen molar-refractivity contribution < 1.29 is 14.3 Å². The molecule has 0 saturated carbocycles. The van der Waals surface area contributed by atoms with Crippen molar-refractivity contribution >= 4 is 23.3 Å². The fourth-order valence-electron chi connectivity index (χ4n) is 1.88. The Morgan fingerprint density at radius 1 is 1.05 bits per heavy atom. The van der Waals surface area contributed by atoms with Crippen LogP contribution in [-0.2, 0) is 0 Å². The van der Waals surface area contributed by atoms with E-state index < -0.39 is 11.4 Å². The minimum atomic E-state index is -1.11. The van der Waals surface area contributed by atoms with E-state index in [-0.39, 0.29) is 5.78 Å². The number of carbonyl (C=O) groups is 2. The van der Waals surface area contributed by atoms with Gasteiger partial charge in [0.1, 0.15) is 5.75 Å². The summed E-state index contributed by atoms with van der Waals surface area (Å²) < 4.78 is 5.31. The summed E-state index contributed by atoms with van der Waals surface area (Å²) in [6, 6.07) is 15.2. The average Bonchev–Trinajstić information content (AvgIpc) is 2.55. The second-order valence-corrected chi connectivity index (χ2v) is 4.96. The largest absolute Gasteiger partial charge is 0.494 e. The number of Topliss-reactive ketones (excluding diaryl/α,β-unsaturated/α-hetero) is 1. The van der Waals surface area contributed by atoms with Crippen molar-refractivity contribution in [3.05, 3.63) is 65.7 Å². The monoisotopic (exact) mass is 317 g/mol. The lowest BCUT2D eigenvalue weighted by Crippen LogP contribution is -2.36. The van der Waals surface area contributed by atoms with Gasteiger partial charge < -0.3 is 10.1 Å². The molecule has 0 saturated heterocycles. The van der Waals surface area contributed by atoms with Crippen LogP contribution in [0.1, 0.15) is 27.6 Å². The van der Waals surface area contributed by atoms with Gasteiger partial charge in [-0.25, -0.2) is 0 Å². The van der Waals surface area contributed by atoms with Crippen LogP contribution in [0.3, 0.4) is 0 Å². The lowest BCUT2D eigenvalue weighted by Gasteiger charge is -2.11. The van der Waals surface area contributed by atoms with Gasteiger partial charge in [0.25, 0.3) is 5.91 Å². The van der Waals surface area contributed by atoms with E-state index in [1.807, 2.05) is 6.92 Å². The van der Waals surface area contributed by atoms with Gasteiger partial charge in [0.15, 0.2) is 11.3 Å². The molecule has 0 aliphatic carbocycles. The van der Waals surface area contributed by atoms with Crippen molar-refractivity contribution in [1.82, 2.24) is 5.32 Å². The van der Waals surface area contributed by atoms with Crippen molar-refractivity contribution in [3.63, 3.8) is 0 Å². The Balaban J connectivity index is 2.00. The molecule has 1 atom stereocenters. The second kappa shape index (κ2) is 7.61. The predicted molar refractivity (Wildman–Crippen MR) is 85.5 cm³/mol. The molecule has 2 aromatic rings. The molecule has 114 valence electrons. The summed E-state index contributed by atoms with van der Waals surface area (Å²) >= 11 is 5.99. The number of rotatable bonds is 6. The highest BCUT2D eigenvalue weighted by molar-refractivity contribution is 6.34. The summed E-state index contributed by atoms with van der Waals surface area (Å²) in [5.41, 5.74) is -0.245. The highest BCUT2D eigenvalue weighted by Crippen LogP contribution is 2.13. The van der Waals surface area contributed by atoms with Gasteiger partial charge in [0.05, 0.1) is 6.61 Å². The molecule has 0 aliphatic heterocycles. The van der Waals surface area contributed by atoms with Crippen LogP contribution < -0.4 is 10.1 Å². The fourth-order valence-corrected chi connectivity index (χ4v) is 2.11. The number of nitrogens with one attached hydrogen (secondary N) is 1. The van der Waals surface area contributed by atoms with E-state index >= 15 is 0 Å². The fraction of sp³-hybridized carbons (Fsp3) is 0.176.